The first-order chi connectivity index (χ1) is 6.20. The molecule has 0 heterocycles. The molecule has 0 amide bonds. The molecule has 0 spiro atoms. The van der Waals surface area contributed by atoms with Gasteiger partial charge < -0.3 is 5.32 Å². The van der Waals surface area contributed by atoms with Crippen LogP contribution in [0.3, 0.4) is 0 Å². The molecule has 2 nitrogen and oxygen atoms in total. The Morgan fingerprint density at radius 1 is 1.23 bits per heavy atom. The van der Waals surface area contributed by atoms with E-state index in [-0.39, 0.29) is 0 Å². The molecule has 0 aromatic carbocycles. The number of nitrogens with one attached hydrogen (secondary N) is 1. The van der Waals surface area contributed by atoms with E-state index in [1.165, 1.54) is 25.7 Å². The van der Waals surface area contributed by atoms with Crippen LogP contribution in [-0.2, 0) is 0 Å². The van der Waals surface area contributed by atoms with Gasteiger partial charge in [-0.3, -0.25) is 0 Å². The van der Waals surface area contributed by atoms with Crippen LogP contribution in [0.1, 0.15) is 52.9 Å². The molecule has 0 aliphatic carbocycles. The van der Waals surface area contributed by atoms with Crippen molar-refractivity contribution in [1.29, 1.82) is 5.26 Å². The molecule has 1 N–H and O–H groups in total. The maximum Gasteiger partial charge on any atom is 0.0638 e. The van der Waals surface area contributed by atoms with Crippen LogP contribution >= 0.6 is 0 Å². The molecule has 0 aromatic rings. The molecule has 0 rings (SSSR count). The van der Waals surface area contributed by atoms with Gasteiger partial charge in [0.05, 0.1) is 12.5 Å². The Morgan fingerprint density at radius 2 is 1.92 bits per heavy atom. The Bertz CT molecular complexity index is 149. The fourth-order valence-electron chi connectivity index (χ4n) is 1.47. The Hall–Kier alpha value is -0.550. The van der Waals surface area contributed by atoms with Crippen LogP contribution in [-0.4, -0.2) is 12.1 Å². The van der Waals surface area contributed by atoms with Crippen LogP contribution < -0.4 is 5.32 Å². The van der Waals surface area contributed by atoms with Gasteiger partial charge in [0.2, 0.25) is 0 Å². The summed E-state index contributed by atoms with van der Waals surface area (Å²) < 4.78 is 0. The van der Waals surface area contributed by atoms with E-state index in [0.717, 1.165) is 0 Å². The minimum absolute atomic E-state index is 0.335. The normalized spacial score (nSPS) is 14.9. The number of hydrogen-bond acceptors (Lipinski definition) is 2. The third-order valence-electron chi connectivity index (χ3n) is 2.21. The van der Waals surface area contributed by atoms with Crippen LogP contribution in [0.25, 0.3) is 0 Å². The second kappa shape index (κ2) is 8.07. The van der Waals surface area contributed by atoms with Crippen LogP contribution in [0.4, 0.5) is 0 Å². The Balaban J connectivity index is 3.39. The van der Waals surface area contributed by atoms with E-state index in [1.807, 2.05) is 0 Å². The van der Waals surface area contributed by atoms with Gasteiger partial charge in [-0.15, -0.1) is 0 Å². The Labute approximate surface area is 82.3 Å². The van der Waals surface area contributed by atoms with Crippen LogP contribution in [0.15, 0.2) is 0 Å². The van der Waals surface area contributed by atoms with Crippen LogP contribution in [0, 0.1) is 11.3 Å². The molecular formula is C11H22N2. The first-order valence-electron chi connectivity index (χ1n) is 5.33. The molecule has 2 unspecified atom stereocenters. The molecule has 0 fully saturated rings. The Morgan fingerprint density at radius 3 is 2.46 bits per heavy atom. The van der Waals surface area contributed by atoms with E-state index < -0.39 is 0 Å². The van der Waals surface area contributed by atoms with Crippen molar-refractivity contribution < 1.29 is 0 Å². The number of unbranched alkanes of at least 4 members (excludes halogenated alkanes) is 2. The van der Waals surface area contributed by atoms with Gasteiger partial charge >= 0.3 is 0 Å². The van der Waals surface area contributed by atoms with Gasteiger partial charge in [-0.25, -0.2) is 0 Å². The first kappa shape index (κ1) is 12.4. The second-order valence-corrected chi connectivity index (χ2v) is 3.83. The van der Waals surface area contributed by atoms with Crippen LogP contribution in [0.5, 0.6) is 0 Å². The highest BCUT2D eigenvalue weighted by Gasteiger charge is 2.05. The lowest BCUT2D eigenvalue weighted by Crippen LogP contribution is -2.34. The first-order valence-corrected chi connectivity index (χ1v) is 5.33. The molecule has 13 heavy (non-hydrogen) atoms. The van der Waals surface area contributed by atoms with E-state index in [4.69, 9.17) is 5.26 Å². The van der Waals surface area contributed by atoms with Gasteiger partial charge in [0.15, 0.2) is 0 Å². The molecule has 0 aromatic heterocycles. The molecule has 0 aliphatic heterocycles. The van der Waals surface area contributed by atoms with E-state index in [9.17, 15) is 0 Å². The summed E-state index contributed by atoms with van der Waals surface area (Å²) in [6.45, 7) is 6.49. The monoisotopic (exact) mass is 182 g/mol. The summed E-state index contributed by atoms with van der Waals surface area (Å²) in [5, 5.41) is 11.9. The predicted octanol–water partition coefficient (Wildman–Crippen LogP) is 2.85. The second-order valence-electron chi connectivity index (χ2n) is 3.83. The number of nitrogens with zero attached hydrogens (tertiary/aromatic N) is 1. The van der Waals surface area contributed by atoms with Crippen molar-refractivity contribution in [3.63, 3.8) is 0 Å². The quantitative estimate of drug-likeness (QED) is 0.614. The number of hydrogen-bond donors (Lipinski definition) is 1. The van der Waals surface area contributed by atoms with Crippen molar-refractivity contribution >= 4 is 0 Å². The van der Waals surface area contributed by atoms with Crippen molar-refractivity contribution in [2.45, 2.75) is 65.0 Å². The summed E-state index contributed by atoms with van der Waals surface area (Å²) in [4.78, 5) is 0. The SMILES string of the molecule is CCCCCC(C)NC(C)CC#N. The van der Waals surface area contributed by atoms with E-state index >= 15 is 0 Å². The summed E-state index contributed by atoms with van der Waals surface area (Å²) in [6, 6.07) is 3.06. The van der Waals surface area contributed by atoms with Crippen molar-refractivity contribution in [3.05, 3.63) is 0 Å². The predicted molar refractivity (Wildman–Crippen MR) is 56.4 cm³/mol. The van der Waals surface area contributed by atoms with Gasteiger partial charge in [-0.2, -0.15) is 5.26 Å². The number of rotatable bonds is 7. The molecule has 0 saturated heterocycles. The van der Waals surface area contributed by atoms with E-state index in [0.29, 0.717) is 18.5 Å². The van der Waals surface area contributed by atoms with Gasteiger partial charge in [-0.1, -0.05) is 26.2 Å². The average Bonchev–Trinajstić information content (AvgIpc) is 2.05. The molecule has 2 heteroatoms. The highest BCUT2D eigenvalue weighted by atomic mass is 14.9. The molecule has 0 radical (unpaired) electrons. The third kappa shape index (κ3) is 7.80. The number of nitriles is 1. The minimum Gasteiger partial charge on any atom is -0.311 e. The van der Waals surface area contributed by atoms with Gasteiger partial charge in [-0.05, 0) is 20.3 Å². The van der Waals surface area contributed by atoms with Gasteiger partial charge in [0.25, 0.3) is 0 Å². The molecule has 0 aliphatic rings. The minimum atomic E-state index is 0.335. The lowest BCUT2D eigenvalue weighted by atomic mass is 10.1. The highest BCUT2D eigenvalue weighted by molar-refractivity contribution is 4.79. The van der Waals surface area contributed by atoms with E-state index in [2.05, 4.69) is 32.2 Å². The summed E-state index contributed by atoms with van der Waals surface area (Å²) >= 11 is 0. The molecule has 76 valence electrons. The maximum atomic E-state index is 8.47. The zero-order valence-electron chi connectivity index (χ0n) is 9.14. The fraction of sp³-hybridized carbons (Fsp3) is 0.909. The fourth-order valence-corrected chi connectivity index (χ4v) is 1.47. The molecular weight excluding hydrogens is 160 g/mol. The summed E-state index contributed by atoms with van der Waals surface area (Å²) in [7, 11) is 0. The van der Waals surface area contributed by atoms with Crippen molar-refractivity contribution in [2.75, 3.05) is 0 Å². The highest BCUT2D eigenvalue weighted by Crippen LogP contribution is 2.04. The lowest BCUT2D eigenvalue weighted by Gasteiger charge is -2.17. The average molecular weight is 182 g/mol. The zero-order valence-corrected chi connectivity index (χ0v) is 9.14. The van der Waals surface area contributed by atoms with E-state index in [1.54, 1.807) is 0 Å². The van der Waals surface area contributed by atoms with Crippen LogP contribution in [0.2, 0.25) is 0 Å². The lowest BCUT2D eigenvalue weighted by molar-refractivity contribution is 0.435. The molecule has 2 atom stereocenters. The topological polar surface area (TPSA) is 35.8 Å². The summed E-state index contributed by atoms with van der Waals surface area (Å²) in [6.07, 6.45) is 5.73. The largest absolute Gasteiger partial charge is 0.311 e. The summed E-state index contributed by atoms with van der Waals surface area (Å²) in [5.74, 6) is 0. The summed E-state index contributed by atoms with van der Waals surface area (Å²) in [5.41, 5.74) is 0. The van der Waals surface area contributed by atoms with Crippen molar-refractivity contribution in [1.82, 2.24) is 5.32 Å². The molecule has 0 saturated carbocycles. The van der Waals surface area contributed by atoms with Crippen molar-refractivity contribution in [2.24, 2.45) is 0 Å². The maximum absolute atomic E-state index is 8.47. The van der Waals surface area contributed by atoms with Gasteiger partial charge in [0, 0.05) is 12.1 Å². The Kier molecular flexibility index (Phi) is 7.73. The van der Waals surface area contributed by atoms with Crippen molar-refractivity contribution in [3.8, 4) is 6.07 Å². The third-order valence-corrected chi connectivity index (χ3v) is 2.21. The smallest absolute Gasteiger partial charge is 0.0638 e. The van der Waals surface area contributed by atoms with Gasteiger partial charge in [0.1, 0.15) is 0 Å². The standard InChI is InChI=1S/C11H22N2/c1-4-5-6-7-10(2)13-11(3)8-9-12/h10-11,13H,4-8H2,1-3H3. The zero-order chi connectivity index (χ0) is 10.1. The molecule has 0 bridgehead atoms.